The van der Waals surface area contributed by atoms with Crippen molar-refractivity contribution in [2.45, 2.75) is 12.8 Å². The Morgan fingerprint density at radius 1 is 1.64 bits per heavy atom. The Labute approximate surface area is 83.4 Å². The summed E-state index contributed by atoms with van der Waals surface area (Å²) in [5, 5.41) is 8.93. The average molecular weight is 194 g/mol. The topological polar surface area (TPSA) is 53.3 Å². The van der Waals surface area contributed by atoms with Crippen molar-refractivity contribution in [2.24, 2.45) is 11.8 Å². The molecule has 1 aliphatic heterocycles. The van der Waals surface area contributed by atoms with Gasteiger partial charge in [0.15, 0.2) is 0 Å². The maximum absolute atomic E-state index is 11.4. The number of hydrogen-bond acceptors (Lipinski definition) is 3. The Morgan fingerprint density at radius 2 is 2.43 bits per heavy atom. The molecule has 2 rings (SSSR count). The van der Waals surface area contributed by atoms with Crippen LogP contribution in [0.25, 0.3) is 0 Å². The van der Waals surface area contributed by atoms with E-state index in [2.05, 4.69) is 6.07 Å². The highest BCUT2D eigenvalue weighted by atomic mass is 16.5. The van der Waals surface area contributed by atoms with E-state index in [-0.39, 0.29) is 18.4 Å². The fourth-order valence-corrected chi connectivity index (χ4v) is 1.77. The summed E-state index contributed by atoms with van der Waals surface area (Å²) in [6, 6.07) is 2.30. The molecule has 76 valence electrons. The third-order valence-corrected chi connectivity index (χ3v) is 2.86. The molecule has 0 aromatic carbocycles. The number of hydrogen-bond donors (Lipinski definition) is 0. The third-order valence-electron chi connectivity index (χ3n) is 2.86. The molecule has 1 saturated heterocycles. The van der Waals surface area contributed by atoms with Crippen molar-refractivity contribution in [1.29, 1.82) is 5.26 Å². The molecule has 4 nitrogen and oxygen atoms in total. The van der Waals surface area contributed by atoms with Crippen LogP contribution in [0.3, 0.4) is 0 Å². The molecule has 1 saturated carbocycles. The second-order valence-corrected chi connectivity index (χ2v) is 3.97. The van der Waals surface area contributed by atoms with Gasteiger partial charge in [0.2, 0.25) is 5.91 Å². The van der Waals surface area contributed by atoms with Crippen molar-refractivity contribution in [3.05, 3.63) is 0 Å². The summed E-state index contributed by atoms with van der Waals surface area (Å²) in [6.45, 7) is 2.03. The number of carbonyl (C=O) groups is 1. The Morgan fingerprint density at radius 3 is 3.00 bits per heavy atom. The normalized spacial score (nSPS) is 24.5. The Kier molecular flexibility index (Phi) is 2.69. The highest BCUT2D eigenvalue weighted by Crippen LogP contribution is 2.36. The van der Waals surface area contributed by atoms with E-state index >= 15 is 0 Å². The fourth-order valence-electron chi connectivity index (χ4n) is 1.77. The second-order valence-electron chi connectivity index (χ2n) is 3.97. The van der Waals surface area contributed by atoms with Crippen molar-refractivity contribution in [1.82, 2.24) is 4.90 Å². The lowest BCUT2D eigenvalue weighted by Crippen LogP contribution is -2.44. The molecular formula is C10H14N2O2. The van der Waals surface area contributed by atoms with Crippen LogP contribution in [-0.4, -0.2) is 37.1 Å². The lowest BCUT2D eigenvalue weighted by Gasteiger charge is -2.28. The summed E-state index contributed by atoms with van der Waals surface area (Å²) >= 11 is 0. The van der Waals surface area contributed by atoms with E-state index in [1.807, 2.05) is 0 Å². The van der Waals surface area contributed by atoms with E-state index in [0.717, 1.165) is 12.8 Å². The smallest absolute Gasteiger partial charge is 0.248 e. The van der Waals surface area contributed by atoms with Crippen molar-refractivity contribution >= 4 is 5.91 Å². The third kappa shape index (κ3) is 2.05. The van der Waals surface area contributed by atoms with Crippen LogP contribution >= 0.6 is 0 Å². The molecule has 2 aliphatic rings. The number of rotatable bonds is 3. The van der Waals surface area contributed by atoms with Gasteiger partial charge in [-0.05, 0) is 18.8 Å². The molecule has 0 N–H and O–H groups in total. The van der Waals surface area contributed by atoms with Crippen LogP contribution in [0.4, 0.5) is 0 Å². The molecule has 4 heteroatoms. The van der Waals surface area contributed by atoms with Crippen LogP contribution < -0.4 is 0 Å². The summed E-state index contributed by atoms with van der Waals surface area (Å²) < 4.78 is 5.03. The summed E-state index contributed by atoms with van der Waals surface area (Å²) in [7, 11) is 0. The zero-order valence-electron chi connectivity index (χ0n) is 8.11. The molecule has 2 fully saturated rings. The second kappa shape index (κ2) is 3.97. The summed E-state index contributed by atoms with van der Waals surface area (Å²) in [4.78, 5) is 13.1. The van der Waals surface area contributed by atoms with Gasteiger partial charge in [-0.15, -0.1) is 0 Å². The van der Waals surface area contributed by atoms with E-state index in [4.69, 9.17) is 10.00 Å². The first-order valence-electron chi connectivity index (χ1n) is 5.06. The predicted octanol–water partition coefficient (Wildman–Crippen LogP) is 0.395. The van der Waals surface area contributed by atoms with Crippen LogP contribution in [0.5, 0.6) is 0 Å². The Bertz CT molecular complexity index is 268. The minimum atomic E-state index is 0.0251. The zero-order chi connectivity index (χ0) is 9.97. The maximum atomic E-state index is 11.4. The molecule has 1 atom stereocenters. The van der Waals surface area contributed by atoms with Gasteiger partial charge in [-0.2, -0.15) is 5.26 Å². The number of amides is 1. The molecule has 0 aromatic heterocycles. The van der Waals surface area contributed by atoms with Crippen molar-refractivity contribution in [3.8, 4) is 6.07 Å². The van der Waals surface area contributed by atoms with E-state index in [1.54, 1.807) is 4.90 Å². The average Bonchev–Trinajstić information content (AvgIpc) is 3.00. The standard InChI is InChI=1S/C10H14N2O2/c11-5-9(8-1-2-8)6-12-3-4-14-7-10(12)13/h8-9H,1-4,6-7H2. The van der Waals surface area contributed by atoms with Gasteiger partial charge < -0.3 is 9.64 Å². The number of morpholine rings is 1. The molecular weight excluding hydrogens is 180 g/mol. The Hall–Kier alpha value is -1.08. The van der Waals surface area contributed by atoms with Gasteiger partial charge in [-0.1, -0.05) is 0 Å². The molecule has 1 aliphatic carbocycles. The van der Waals surface area contributed by atoms with Gasteiger partial charge in [-0.3, -0.25) is 4.79 Å². The minimum Gasteiger partial charge on any atom is -0.370 e. The van der Waals surface area contributed by atoms with Gasteiger partial charge >= 0.3 is 0 Å². The van der Waals surface area contributed by atoms with E-state index < -0.39 is 0 Å². The van der Waals surface area contributed by atoms with Crippen LogP contribution in [0, 0.1) is 23.2 Å². The molecule has 0 bridgehead atoms. The number of carbonyl (C=O) groups excluding carboxylic acids is 1. The highest BCUT2D eigenvalue weighted by Gasteiger charge is 2.33. The van der Waals surface area contributed by atoms with Gasteiger partial charge in [0.05, 0.1) is 18.6 Å². The number of nitrogens with zero attached hydrogens (tertiary/aromatic N) is 2. The van der Waals surface area contributed by atoms with Crippen LogP contribution in [0.1, 0.15) is 12.8 Å². The lowest BCUT2D eigenvalue weighted by atomic mass is 10.1. The van der Waals surface area contributed by atoms with Crippen molar-refractivity contribution < 1.29 is 9.53 Å². The lowest BCUT2D eigenvalue weighted by molar-refractivity contribution is -0.143. The summed E-state index contributed by atoms with van der Waals surface area (Å²) in [5.41, 5.74) is 0. The maximum Gasteiger partial charge on any atom is 0.248 e. The Balaban J connectivity index is 1.88. The predicted molar refractivity (Wildman–Crippen MR) is 49.2 cm³/mol. The minimum absolute atomic E-state index is 0.0251. The highest BCUT2D eigenvalue weighted by molar-refractivity contribution is 5.78. The molecule has 1 unspecified atom stereocenters. The van der Waals surface area contributed by atoms with E-state index in [0.29, 0.717) is 25.6 Å². The van der Waals surface area contributed by atoms with Gasteiger partial charge in [-0.25, -0.2) is 0 Å². The van der Waals surface area contributed by atoms with Crippen molar-refractivity contribution in [3.63, 3.8) is 0 Å². The zero-order valence-corrected chi connectivity index (χ0v) is 8.11. The van der Waals surface area contributed by atoms with Gasteiger partial charge in [0.25, 0.3) is 0 Å². The van der Waals surface area contributed by atoms with E-state index in [1.165, 1.54) is 0 Å². The number of ether oxygens (including phenoxy) is 1. The first-order valence-corrected chi connectivity index (χ1v) is 5.06. The van der Waals surface area contributed by atoms with Gasteiger partial charge in [0.1, 0.15) is 6.61 Å². The first kappa shape index (κ1) is 9.47. The monoisotopic (exact) mass is 194 g/mol. The molecule has 0 aromatic rings. The largest absolute Gasteiger partial charge is 0.370 e. The van der Waals surface area contributed by atoms with Crippen LogP contribution in [0.15, 0.2) is 0 Å². The molecule has 1 heterocycles. The van der Waals surface area contributed by atoms with E-state index in [9.17, 15) is 4.79 Å². The molecule has 0 spiro atoms. The van der Waals surface area contributed by atoms with Crippen LogP contribution in [-0.2, 0) is 9.53 Å². The summed E-state index contributed by atoms with van der Waals surface area (Å²) in [6.07, 6.45) is 2.30. The van der Waals surface area contributed by atoms with Crippen molar-refractivity contribution in [2.75, 3.05) is 26.3 Å². The quantitative estimate of drug-likeness (QED) is 0.653. The first-order chi connectivity index (χ1) is 6.81. The molecule has 1 amide bonds. The molecule has 0 radical (unpaired) electrons. The van der Waals surface area contributed by atoms with Gasteiger partial charge in [0, 0.05) is 13.1 Å². The summed E-state index contributed by atoms with van der Waals surface area (Å²) in [5.74, 6) is 0.602. The SMILES string of the molecule is N#CC(CN1CCOCC1=O)C1CC1. The number of nitriles is 1. The molecule has 14 heavy (non-hydrogen) atoms. The van der Waals surface area contributed by atoms with Crippen LogP contribution in [0.2, 0.25) is 0 Å². The fraction of sp³-hybridized carbons (Fsp3) is 0.800.